The Bertz CT molecular complexity index is 461. The molecule has 0 aromatic heterocycles. The zero-order chi connectivity index (χ0) is 12.1. The number of allylic oxidation sites excluding steroid dienone is 1. The molecule has 0 amide bonds. The average molecular weight is 220 g/mol. The third-order valence-electron chi connectivity index (χ3n) is 2.28. The summed E-state index contributed by atoms with van der Waals surface area (Å²) in [5.41, 5.74) is 7.03. The van der Waals surface area contributed by atoms with Gasteiger partial charge in [0.25, 0.3) is 0 Å². The number of nitriles is 1. The SMILES string of the molecule is CC/C(C#N)=C(/N)c1ccc(OC)c(F)c1. The smallest absolute Gasteiger partial charge is 0.165 e. The van der Waals surface area contributed by atoms with E-state index in [1.54, 1.807) is 6.07 Å². The number of methoxy groups -OCH3 is 1. The van der Waals surface area contributed by atoms with Gasteiger partial charge in [-0.3, -0.25) is 0 Å². The Kier molecular flexibility index (Phi) is 3.90. The molecule has 1 aromatic rings. The molecule has 0 unspecified atom stereocenters. The zero-order valence-electron chi connectivity index (χ0n) is 9.25. The van der Waals surface area contributed by atoms with E-state index in [0.29, 0.717) is 23.3 Å². The summed E-state index contributed by atoms with van der Waals surface area (Å²) in [7, 11) is 1.39. The predicted octanol–water partition coefficient (Wildman–Crippen LogP) is 2.44. The first-order valence-electron chi connectivity index (χ1n) is 4.86. The van der Waals surface area contributed by atoms with Crippen LogP contribution < -0.4 is 10.5 Å². The highest BCUT2D eigenvalue weighted by atomic mass is 19.1. The van der Waals surface area contributed by atoms with Crippen LogP contribution in [0.4, 0.5) is 4.39 Å². The Labute approximate surface area is 93.9 Å². The van der Waals surface area contributed by atoms with Crippen molar-refractivity contribution in [3.8, 4) is 11.8 Å². The average Bonchev–Trinajstić information content (AvgIpc) is 2.30. The Morgan fingerprint density at radius 3 is 2.69 bits per heavy atom. The first kappa shape index (κ1) is 12.1. The van der Waals surface area contributed by atoms with Crippen LogP contribution >= 0.6 is 0 Å². The van der Waals surface area contributed by atoms with E-state index in [-0.39, 0.29) is 5.75 Å². The Morgan fingerprint density at radius 2 is 2.25 bits per heavy atom. The Hall–Kier alpha value is -2.02. The third kappa shape index (κ3) is 2.31. The van der Waals surface area contributed by atoms with Gasteiger partial charge in [-0.25, -0.2) is 4.39 Å². The van der Waals surface area contributed by atoms with E-state index in [2.05, 4.69) is 0 Å². The van der Waals surface area contributed by atoms with E-state index in [0.717, 1.165) is 0 Å². The lowest BCUT2D eigenvalue weighted by Crippen LogP contribution is -2.01. The van der Waals surface area contributed by atoms with Crippen molar-refractivity contribution in [1.82, 2.24) is 0 Å². The summed E-state index contributed by atoms with van der Waals surface area (Å²) in [6, 6.07) is 6.38. The summed E-state index contributed by atoms with van der Waals surface area (Å²) >= 11 is 0. The van der Waals surface area contributed by atoms with Crippen molar-refractivity contribution in [2.24, 2.45) is 5.73 Å². The van der Waals surface area contributed by atoms with Gasteiger partial charge in [0.2, 0.25) is 0 Å². The van der Waals surface area contributed by atoms with Gasteiger partial charge in [0, 0.05) is 5.56 Å². The van der Waals surface area contributed by atoms with Crippen molar-refractivity contribution in [1.29, 1.82) is 5.26 Å². The molecule has 1 rings (SSSR count). The lowest BCUT2D eigenvalue weighted by Gasteiger charge is -2.07. The van der Waals surface area contributed by atoms with Crippen LogP contribution in [-0.2, 0) is 0 Å². The standard InChI is InChI=1S/C12H13FN2O/c1-3-8(7-14)12(15)9-4-5-11(16-2)10(13)6-9/h4-6H,3,15H2,1-2H3/b12-8-. The Balaban J connectivity index is 3.21. The summed E-state index contributed by atoms with van der Waals surface area (Å²) in [5.74, 6) is -0.331. The van der Waals surface area contributed by atoms with Crippen molar-refractivity contribution in [3.63, 3.8) is 0 Å². The number of benzene rings is 1. The number of hydrogen-bond acceptors (Lipinski definition) is 3. The minimum absolute atomic E-state index is 0.159. The zero-order valence-corrected chi connectivity index (χ0v) is 9.25. The topological polar surface area (TPSA) is 59.0 Å². The molecule has 0 bridgehead atoms. The van der Waals surface area contributed by atoms with Gasteiger partial charge in [0.1, 0.15) is 0 Å². The van der Waals surface area contributed by atoms with Gasteiger partial charge in [0.05, 0.1) is 24.4 Å². The third-order valence-corrected chi connectivity index (χ3v) is 2.28. The van der Waals surface area contributed by atoms with Gasteiger partial charge >= 0.3 is 0 Å². The second-order valence-corrected chi connectivity index (χ2v) is 3.21. The molecule has 0 aliphatic heterocycles. The van der Waals surface area contributed by atoms with Crippen molar-refractivity contribution < 1.29 is 9.13 Å². The van der Waals surface area contributed by atoms with Gasteiger partial charge in [-0.05, 0) is 24.6 Å². The molecule has 0 saturated carbocycles. The molecule has 0 radical (unpaired) electrons. The lowest BCUT2D eigenvalue weighted by molar-refractivity contribution is 0.386. The number of rotatable bonds is 3. The largest absolute Gasteiger partial charge is 0.494 e. The molecule has 0 heterocycles. The monoisotopic (exact) mass is 220 g/mol. The van der Waals surface area contributed by atoms with E-state index in [1.165, 1.54) is 19.2 Å². The van der Waals surface area contributed by atoms with E-state index >= 15 is 0 Å². The predicted molar refractivity (Wildman–Crippen MR) is 60.0 cm³/mol. The van der Waals surface area contributed by atoms with E-state index in [1.807, 2.05) is 13.0 Å². The molecule has 0 aliphatic rings. The molecular formula is C12H13FN2O. The number of nitrogens with zero attached hydrogens (tertiary/aromatic N) is 1. The van der Waals surface area contributed by atoms with Crippen molar-refractivity contribution in [2.75, 3.05) is 7.11 Å². The van der Waals surface area contributed by atoms with Crippen molar-refractivity contribution in [2.45, 2.75) is 13.3 Å². The maximum Gasteiger partial charge on any atom is 0.165 e. The van der Waals surface area contributed by atoms with Crippen LogP contribution in [0.1, 0.15) is 18.9 Å². The van der Waals surface area contributed by atoms with Crippen LogP contribution in [0.25, 0.3) is 5.70 Å². The minimum Gasteiger partial charge on any atom is -0.494 e. The molecule has 0 saturated heterocycles. The number of nitrogens with two attached hydrogens (primary N) is 1. The van der Waals surface area contributed by atoms with E-state index < -0.39 is 5.82 Å². The number of ether oxygens (including phenoxy) is 1. The molecule has 1 aromatic carbocycles. The van der Waals surface area contributed by atoms with E-state index in [4.69, 9.17) is 15.7 Å². The van der Waals surface area contributed by atoms with Crippen LogP contribution in [0.15, 0.2) is 23.8 Å². The summed E-state index contributed by atoms with van der Waals surface area (Å²) in [4.78, 5) is 0. The van der Waals surface area contributed by atoms with Gasteiger partial charge in [-0.2, -0.15) is 5.26 Å². The molecule has 4 heteroatoms. The van der Waals surface area contributed by atoms with Crippen LogP contribution in [0.5, 0.6) is 5.75 Å². The summed E-state index contributed by atoms with van der Waals surface area (Å²) in [5, 5.41) is 8.82. The van der Waals surface area contributed by atoms with Crippen molar-refractivity contribution in [3.05, 3.63) is 35.2 Å². The van der Waals surface area contributed by atoms with Crippen LogP contribution in [0, 0.1) is 17.1 Å². The molecule has 2 N–H and O–H groups in total. The summed E-state index contributed by atoms with van der Waals surface area (Å²) in [6.07, 6.45) is 0.524. The maximum absolute atomic E-state index is 13.4. The van der Waals surface area contributed by atoms with Crippen LogP contribution in [-0.4, -0.2) is 7.11 Å². The molecule has 16 heavy (non-hydrogen) atoms. The van der Waals surface area contributed by atoms with Crippen molar-refractivity contribution >= 4 is 5.70 Å². The molecule has 0 atom stereocenters. The highest BCUT2D eigenvalue weighted by Crippen LogP contribution is 2.22. The Morgan fingerprint density at radius 1 is 1.56 bits per heavy atom. The lowest BCUT2D eigenvalue weighted by atomic mass is 10.1. The fourth-order valence-electron chi connectivity index (χ4n) is 1.34. The first-order valence-corrected chi connectivity index (χ1v) is 4.86. The minimum atomic E-state index is -0.489. The molecule has 0 fully saturated rings. The molecule has 0 spiro atoms. The van der Waals surface area contributed by atoms with Gasteiger partial charge in [-0.15, -0.1) is 0 Å². The maximum atomic E-state index is 13.4. The number of halogens is 1. The first-order chi connectivity index (χ1) is 7.63. The van der Waals surface area contributed by atoms with Gasteiger partial charge < -0.3 is 10.5 Å². The second-order valence-electron chi connectivity index (χ2n) is 3.21. The molecule has 0 aliphatic carbocycles. The summed E-state index contributed by atoms with van der Waals surface area (Å²) in [6.45, 7) is 1.82. The van der Waals surface area contributed by atoms with Gasteiger partial charge in [-0.1, -0.05) is 6.92 Å². The van der Waals surface area contributed by atoms with Gasteiger partial charge in [0.15, 0.2) is 11.6 Å². The summed E-state index contributed by atoms with van der Waals surface area (Å²) < 4.78 is 18.2. The highest BCUT2D eigenvalue weighted by molar-refractivity contribution is 5.69. The number of hydrogen-bond donors (Lipinski definition) is 1. The fourth-order valence-corrected chi connectivity index (χ4v) is 1.34. The second kappa shape index (κ2) is 5.17. The molecule has 84 valence electrons. The molecular weight excluding hydrogens is 207 g/mol. The molecule has 3 nitrogen and oxygen atoms in total. The highest BCUT2D eigenvalue weighted by Gasteiger charge is 2.08. The fraction of sp³-hybridized carbons (Fsp3) is 0.250. The van der Waals surface area contributed by atoms with Crippen LogP contribution in [0.3, 0.4) is 0 Å². The quantitative estimate of drug-likeness (QED) is 0.796. The van der Waals surface area contributed by atoms with Crippen LogP contribution in [0.2, 0.25) is 0 Å². The van der Waals surface area contributed by atoms with E-state index in [9.17, 15) is 4.39 Å². The normalized spacial score (nSPS) is 11.6.